The minimum atomic E-state index is -0.0325. The Morgan fingerprint density at radius 2 is 1.31 bits per heavy atom. The Kier molecular flexibility index (Phi) is 4.61. The molecule has 0 aliphatic carbocycles. The van der Waals surface area contributed by atoms with Crippen molar-refractivity contribution >= 4 is 11.1 Å². The second-order valence-electron chi connectivity index (χ2n) is 9.80. The number of benzene rings is 3. The lowest BCUT2D eigenvalue weighted by atomic mass is 9.80. The molecule has 4 aromatic rings. The number of rotatable bonds is 2. The number of aromatic nitrogens is 1. The quantitative estimate of drug-likeness (QED) is 0.353. The zero-order chi connectivity index (χ0) is 20.8. The molecule has 4 rings (SSSR count). The molecule has 0 saturated carbocycles. The lowest BCUT2D eigenvalue weighted by Crippen LogP contribution is -2.16. The molecule has 0 bridgehead atoms. The van der Waals surface area contributed by atoms with Crippen LogP contribution in [-0.2, 0) is 10.8 Å². The van der Waals surface area contributed by atoms with E-state index in [0.717, 1.165) is 27.8 Å². The molecule has 148 valence electrons. The first-order chi connectivity index (χ1) is 13.6. The Bertz CT molecular complexity index is 1150. The largest absolute Gasteiger partial charge is 0.436 e. The highest BCUT2D eigenvalue weighted by Crippen LogP contribution is 2.39. The van der Waals surface area contributed by atoms with Crippen molar-refractivity contribution < 1.29 is 4.42 Å². The van der Waals surface area contributed by atoms with Gasteiger partial charge >= 0.3 is 0 Å². The van der Waals surface area contributed by atoms with Gasteiger partial charge in [-0.1, -0.05) is 96.1 Å². The van der Waals surface area contributed by atoms with E-state index in [1.54, 1.807) is 0 Å². The molecule has 0 spiro atoms. The van der Waals surface area contributed by atoms with E-state index < -0.39 is 0 Å². The summed E-state index contributed by atoms with van der Waals surface area (Å²) in [6.45, 7) is 13.4. The summed E-state index contributed by atoms with van der Waals surface area (Å²) in [7, 11) is 0. The number of fused-ring (bicyclic) bond motifs is 1. The molecule has 0 unspecified atom stereocenters. The van der Waals surface area contributed by atoms with Gasteiger partial charge in [0, 0.05) is 11.1 Å². The van der Waals surface area contributed by atoms with Crippen LogP contribution < -0.4 is 0 Å². The molecule has 1 aromatic heterocycles. The monoisotopic (exact) mass is 383 g/mol. The second-order valence-corrected chi connectivity index (χ2v) is 9.80. The summed E-state index contributed by atoms with van der Waals surface area (Å²) in [4.78, 5) is 4.95. The van der Waals surface area contributed by atoms with Crippen LogP contribution in [0.1, 0.15) is 52.7 Å². The van der Waals surface area contributed by atoms with Crippen molar-refractivity contribution in [1.82, 2.24) is 4.98 Å². The van der Waals surface area contributed by atoms with Gasteiger partial charge in [-0.25, -0.2) is 4.98 Å². The number of oxazole rings is 1. The van der Waals surface area contributed by atoms with Gasteiger partial charge in [0.05, 0.1) is 0 Å². The van der Waals surface area contributed by atoms with E-state index in [4.69, 9.17) is 9.40 Å². The predicted molar refractivity (Wildman–Crippen MR) is 122 cm³/mol. The molecule has 29 heavy (non-hydrogen) atoms. The minimum Gasteiger partial charge on any atom is -0.436 e. The van der Waals surface area contributed by atoms with Gasteiger partial charge in [-0.15, -0.1) is 0 Å². The zero-order valence-electron chi connectivity index (χ0n) is 18.2. The van der Waals surface area contributed by atoms with Crippen LogP contribution in [0.25, 0.3) is 33.7 Å². The molecule has 2 nitrogen and oxygen atoms in total. The predicted octanol–water partition coefficient (Wildman–Crippen LogP) is 7.76. The maximum Gasteiger partial charge on any atom is 0.227 e. The number of hydrogen-bond donors (Lipinski definition) is 0. The van der Waals surface area contributed by atoms with Gasteiger partial charge in [0.2, 0.25) is 5.89 Å². The molecular formula is C27H29NO. The molecule has 3 aromatic carbocycles. The summed E-state index contributed by atoms with van der Waals surface area (Å²) < 4.78 is 6.43. The Balaban J connectivity index is 1.97. The van der Waals surface area contributed by atoms with E-state index in [-0.39, 0.29) is 10.8 Å². The van der Waals surface area contributed by atoms with Crippen LogP contribution in [-0.4, -0.2) is 4.98 Å². The third-order valence-corrected chi connectivity index (χ3v) is 5.41. The lowest BCUT2D eigenvalue weighted by Gasteiger charge is -2.24. The van der Waals surface area contributed by atoms with Crippen LogP contribution in [0.3, 0.4) is 0 Å². The van der Waals surface area contributed by atoms with Gasteiger partial charge in [0.1, 0.15) is 5.52 Å². The van der Waals surface area contributed by atoms with Gasteiger partial charge in [-0.05, 0) is 39.7 Å². The molecule has 0 atom stereocenters. The van der Waals surface area contributed by atoms with Crippen LogP contribution in [0, 0.1) is 0 Å². The molecular weight excluding hydrogens is 354 g/mol. The van der Waals surface area contributed by atoms with Crippen molar-refractivity contribution in [1.29, 1.82) is 0 Å². The fourth-order valence-corrected chi connectivity index (χ4v) is 3.68. The summed E-state index contributed by atoms with van der Waals surface area (Å²) in [6.07, 6.45) is 0. The van der Waals surface area contributed by atoms with Crippen LogP contribution >= 0.6 is 0 Å². The molecule has 0 fully saturated rings. The van der Waals surface area contributed by atoms with Gasteiger partial charge in [-0.3, -0.25) is 0 Å². The second kappa shape index (κ2) is 6.88. The maximum absolute atomic E-state index is 6.43. The van der Waals surface area contributed by atoms with Gasteiger partial charge in [0.15, 0.2) is 5.58 Å². The first-order valence-electron chi connectivity index (χ1n) is 10.2. The minimum absolute atomic E-state index is 0.0325. The van der Waals surface area contributed by atoms with E-state index in [1.807, 2.05) is 12.1 Å². The fourth-order valence-electron chi connectivity index (χ4n) is 3.68. The van der Waals surface area contributed by atoms with Crippen LogP contribution in [0.15, 0.2) is 71.1 Å². The summed E-state index contributed by atoms with van der Waals surface area (Å²) >= 11 is 0. The van der Waals surface area contributed by atoms with E-state index in [9.17, 15) is 0 Å². The Hall–Kier alpha value is -2.87. The van der Waals surface area contributed by atoms with Crippen LogP contribution in [0.4, 0.5) is 0 Å². The molecule has 1 heterocycles. The van der Waals surface area contributed by atoms with Crippen molar-refractivity contribution in [2.75, 3.05) is 0 Å². The highest BCUT2D eigenvalue weighted by Gasteiger charge is 2.26. The molecule has 0 aliphatic heterocycles. The topological polar surface area (TPSA) is 26.0 Å². The third kappa shape index (κ3) is 3.72. The van der Waals surface area contributed by atoms with Crippen molar-refractivity contribution in [3.63, 3.8) is 0 Å². The fraction of sp³-hybridized carbons (Fsp3) is 0.296. The highest BCUT2D eigenvalue weighted by atomic mass is 16.3. The summed E-state index contributed by atoms with van der Waals surface area (Å²) in [5.74, 6) is 0.677. The molecule has 2 heteroatoms. The molecule has 0 radical (unpaired) electrons. The van der Waals surface area contributed by atoms with Crippen molar-refractivity contribution in [3.05, 3.63) is 77.9 Å². The lowest BCUT2D eigenvalue weighted by molar-refractivity contribution is 0.552. The Labute approximate surface area is 173 Å². The van der Waals surface area contributed by atoms with E-state index >= 15 is 0 Å². The normalized spacial score (nSPS) is 12.5. The van der Waals surface area contributed by atoms with Crippen LogP contribution in [0.5, 0.6) is 0 Å². The summed E-state index contributed by atoms with van der Waals surface area (Å²) in [5, 5.41) is 0. The molecule has 0 amide bonds. The molecule has 0 aliphatic rings. The first-order valence-corrected chi connectivity index (χ1v) is 10.2. The third-order valence-electron chi connectivity index (χ3n) is 5.41. The van der Waals surface area contributed by atoms with E-state index in [2.05, 4.69) is 96.1 Å². The smallest absolute Gasteiger partial charge is 0.227 e. The number of nitrogens with zero attached hydrogens (tertiary/aromatic N) is 1. The van der Waals surface area contributed by atoms with Gasteiger partial charge in [0.25, 0.3) is 0 Å². The maximum atomic E-state index is 6.43. The average molecular weight is 384 g/mol. The van der Waals surface area contributed by atoms with E-state index in [0.29, 0.717) is 5.89 Å². The standard InChI is InChI=1S/C27H29NO/c1-26(2,3)19-16-22(27(4,5)6)24-23(17-19)28-25(29-24)21-15-11-10-14-20(21)18-12-8-7-9-13-18/h7-17H,1-6H3. The summed E-state index contributed by atoms with van der Waals surface area (Å²) in [6, 6.07) is 23.2. The number of hydrogen-bond acceptors (Lipinski definition) is 2. The Morgan fingerprint density at radius 3 is 1.93 bits per heavy atom. The Morgan fingerprint density at radius 1 is 0.690 bits per heavy atom. The SMILES string of the molecule is CC(C)(C)c1cc(C(C)(C)C)c2oc(-c3ccccc3-c3ccccc3)nc2c1. The highest BCUT2D eigenvalue weighted by molar-refractivity contribution is 5.86. The van der Waals surface area contributed by atoms with Crippen molar-refractivity contribution in [3.8, 4) is 22.6 Å². The molecule has 0 N–H and O–H groups in total. The van der Waals surface area contributed by atoms with Gasteiger partial charge < -0.3 is 4.42 Å². The van der Waals surface area contributed by atoms with Crippen molar-refractivity contribution in [2.45, 2.75) is 52.4 Å². The van der Waals surface area contributed by atoms with Crippen molar-refractivity contribution in [2.24, 2.45) is 0 Å². The van der Waals surface area contributed by atoms with E-state index in [1.165, 1.54) is 11.1 Å². The average Bonchev–Trinajstić information content (AvgIpc) is 3.10. The zero-order valence-corrected chi connectivity index (χ0v) is 18.2. The van der Waals surface area contributed by atoms with Gasteiger partial charge in [-0.2, -0.15) is 0 Å². The summed E-state index contributed by atoms with van der Waals surface area (Å²) in [5.41, 5.74) is 7.65. The molecule has 0 saturated heterocycles. The van der Waals surface area contributed by atoms with Crippen LogP contribution in [0.2, 0.25) is 0 Å². The first kappa shape index (κ1) is 19.4.